The van der Waals surface area contributed by atoms with Gasteiger partial charge in [-0.2, -0.15) is 0 Å². The number of anilines is 2. The Bertz CT molecular complexity index is 891. The van der Waals surface area contributed by atoms with Crippen molar-refractivity contribution in [2.45, 2.75) is 40.0 Å². The highest BCUT2D eigenvalue weighted by molar-refractivity contribution is 5.93. The first-order chi connectivity index (χ1) is 14.5. The van der Waals surface area contributed by atoms with Crippen molar-refractivity contribution in [3.8, 4) is 0 Å². The van der Waals surface area contributed by atoms with Gasteiger partial charge >= 0.3 is 0 Å². The lowest BCUT2D eigenvalue weighted by molar-refractivity contribution is -0.125. The van der Waals surface area contributed by atoms with Crippen LogP contribution in [0.3, 0.4) is 0 Å². The Morgan fingerprint density at radius 3 is 2.70 bits per heavy atom. The van der Waals surface area contributed by atoms with Crippen LogP contribution in [0.1, 0.15) is 38.7 Å². The summed E-state index contributed by atoms with van der Waals surface area (Å²) in [6.45, 7) is 9.25. The van der Waals surface area contributed by atoms with E-state index in [9.17, 15) is 9.59 Å². The molecule has 7 heteroatoms. The van der Waals surface area contributed by atoms with Gasteiger partial charge in [-0.15, -0.1) is 0 Å². The zero-order valence-corrected chi connectivity index (χ0v) is 18.2. The van der Waals surface area contributed by atoms with Gasteiger partial charge in [0.05, 0.1) is 5.52 Å². The summed E-state index contributed by atoms with van der Waals surface area (Å²) in [6.07, 6.45) is 2.51. The fraction of sp³-hybridized carbons (Fsp3) is 0.522. The number of rotatable bonds is 8. The number of hydrogen-bond donors (Lipinski definition) is 2. The second kappa shape index (κ2) is 10.4. The largest absolute Gasteiger partial charge is 0.382 e. The molecule has 1 fully saturated rings. The van der Waals surface area contributed by atoms with Gasteiger partial charge in [0.15, 0.2) is 0 Å². The molecule has 1 aromatic heterocycles. The molecular formula is C23H32N4O3. The number of pyridine rings is 1. The summed E-state index contributed by atoms with van der Waals surface area (Å²) in [5.74, 6) is 1.08. The molecule has 0 bridgehead atoms. The highest BCUT2D eigenvalue weighted by Crippen LogP contribution is 2.28. The van der Waals surface area contributed by atoms with Gasteiger partial charge in [0, 0.05) is 56.8 Å². The van der Waals surface area contributed by atoms with Crippen molar-refractivity contribution in [1.82, 2.24) is 10.3 Å². The molecule has 0 spiro atoms. The first kappa shape index (κ1) is 22.0. The highest BCUT2D eigenvalue weighted by atomic mass is 16.5. The third-order valence-corrected chi connectivity index (χ3v) is 5.48. The van der Waals surface area contributed by atoms with Crippen LogP contribution in [0.15, 0.2) is 24.3 Å². The lowest BCUT2D eigenvalue weighted by Gasteiger charge is -2.32. The molecule has 2 heterocycles. The summed E-state index contributed by atoms with van der Waals surface area (Å²) in [7, 11) is 0. The molecule has 7 nitrogen and oxygen atoms in total. The third kappa shape index (κ3) is 5.69. The van der Waals surface area contributed by atoms with Crippen molar-refractivity contribution in [3.05, 3.63) is 29.8 Å². The van der Waals surface area contributed by atoms with E-state index in [1.165, 1.54) is 6.92 Å². The van der Waals surface area contributed by atoms with E-state index in [0.29, 0.717) is 19.8 Å². The van der Waals surface area contributed by atoms with Crippen LogP contribution >= 0.6 is 0 Å². The average molecular weight is 413 g/mol. The molecule has 0 unspecified atom stereocenters. The number of benzene rings is 1. The molecule has 1 aliphatic heterocycles. The van der Waals surface area contributed by atoms with E-state index in [-0.39, 0.29) is 17.7 Å². The second-order valence-electron chi connectivity index (χ2n) is 7.81. The second-order valence-corrected chi connectivity index (χ2v) is 7.81. The Balaban J connectivity index is 1.58. The molecule has 3 rings (SSSR count). The number of aryl methyl sites for hydroxylation is 1. The first-order valence-electron chi connectivity index (χ1n) is 10.8. The summed E-state index contributed by atoms with van der Waals surface area (Å²) in [6, 6.07) is 7.88. The molecule has 0 saturated carbocycles. The van der Waals surface area contributed by atoms with Crippen LogP contribution in [0, 0.1) is 12.8 Å². The fourth-order valence-corrected chi connectivity index (χ4v) is 3.86. The van der Waals surface area contributed by atoms with E-state index in [0.717, 1.165) is 60.3 Å². The van der Waals surface area contributed by atoms with E-state index >= 15 is 0 Å². The minimum atomic E-state index is -0.0854. The van der Waals surface area contributed by atoms with Crippen LogP contribution in [0.5, 0.6) is 0 Å². The molecule has 1 saturated heterocycles. The number of fused-ring (bicyclic) bond motifs is 1. The Hall–Kier alpha value is -2.67. The van der Waals surface area contributed by atoms with Gasteiger partial charge in [-0.25, -0.2) is 4.98 Å². The van der Waals surface area contributed by atoms with Crippen molar-refractivity contribution < 1.29 is 14.3 Å². The van der Waals surface area contributed by atoms with Gasteiger partial charge in [0.2, 0.25) is 11.8 Å². The van der Waals surface area contributed by atoms with Crippen LogP contribution in [0.25, 0.3) is 10.9 Å². The average Bonchev–Trinajstić information content (AvgIpc) is 2.73. The molecule has 162 valence electrons. The monoisotopic (exact) mass is 412 g/mol. The standard InChI is InChI=1S/C23H32N4O3/c1-4-30-13-5-10-24-23(29)18-8-11-27(12-9-18)22-14-16(2)20-15-19(25-17(3)28)6-7-21(20)26-22/h6-7,14-15,18H,4-5,8-13H2,1-3H3,(H,24,29)(H,25,28). The van der Waals surface area contributed by atoms with E-state index in [2.05, 4.69) is 28.5 Å². The van der Waals surface area contributed by atoms with E-state index in [1.807, 2.05) is 25.1 Å². The lowest BCUT2D eigenvalue weighted by Crippen LogP contribution is -2.41. The predicted molar refractivity (Wildman–Crippen MR) is 120 cm³/mol. The molecule has 1 aromatic carbocycles. The maximum Gasteiger partial charge on any atom is 0.223 e. The smallest absolute Gasteiger partial charge is 0.223 e. The Morgan fingerprint density at radius 2 is 2.00 bits per heavy atom. The number of carbonyl (C=O) groups is 2. The van der Waals surface area contributed by atoms with Gasteiger partial charge in [0.25, 0.3) is 0 Å². The molecular weight excluding hydrogens is 380 g/mol. The van der Waals surface area contributed by atoms with Crippen molar-refractivity contribution in [2.24, 2.45) is 5.92 Å². The SMILES string of the molecule is CCOCCCNC(=O)C1CCN(c2cc(C)c3cc(NC(C)=O)ccc3n2)CC1. The number of ether oxygens (including phenoxy) is 1. The minimum Gasteiger partial charge on any atom is -0.382 e. The molecule has 30 heavy (non-hydrogen) atoms. The van der Waals surface area contributed by atoms with Gasteiger partial charge < -0.3 is 20.3 Å². The topological polar surface area (TPSA) is 83.6 Å². The number of aromatic nitrogens is 1. The number of amides is 2. The van der Waals surface area contributed by atoms with Crippen LogP contribution in [-0.4, -0.2) is 49.6 Å². The quantitative estimate of drug-likeness (QED) is 0.650. The predicted octanol–water partition coefficient (Wildman–Crippen LogP) is 3.26. The van der Waals surface area contributed by atoms with Crippen molar-refractivity contribution in [1.29, 1.82) is 0 Å². The van der Waals surface area contributed by atoms with Gasteiger partial charge in [-0.3, -0.25) is 9.59 Å². The van der Waals surface area contributed by atoms with Crippen LogP contribution in [0.4, 0.5) is 11.5 Å². The zero-order valence-electron chi connectivity index (χ0n) is 18.2. The number of piperidine rings is 1. The molecule has 2 aromatic rings. The Labute approximate surface area is 178 Å². The Kier molecular flexibility index (Phi) is 7.63. The van der Waals surface area contributed by atoms with Crippen LogP contribution < -0.4 is 15.5 Å². The fourth-order valence-electron chi connectivity index (χ4n) is 3.86. The molecule has 0 radical (unpaired) electrons. The highest BCUT2D eigenvalue weighted by Gasteiger charge is 2.25. The van der Waals surface area contributed by atoms with Gasteiger partial charge in [0.1, 0.15) is 5.82 Å². The van der Waals surface area contributed by atoms with Gasteiger partial charge in [-0.1, -0.05) is 0 Å². The van der Waals surface area contributed by atoms with Crippen molar-refractivity contribution in [3.63, 3.8) is 0 Å². The van der Waals surface area contributed by atoms with Gasteiger partial charge in [-0.05, 0) is 62.9 Å². The van der Waals surface area contributed by atoms with Crippen LogP contribution in [-0.2, 0) is 14.3 Å². The molecule has 1 aliphatic rings. The molecule has 0 aliphatic carbocycles. The Morgan fingerprint density at radius 1 is 1.23 bits per heavy atom. The summed E-state index contributed by atoms with van der Waals surface area (Å²) < 4.78 is 5.30. The van der Waals surface area contributed by atoms with Crippen molar-refractivity contribution >= 4 is 34.2 Å². The summed E-state index contributed by atoms with van der Waals surface area (Å²) in [5.41, 5.74) is 2.81. The number of carbonyl (C=O) groups excluding carboxylic acids is 2. The third-order valence-electron chi connectivity index (χ3n) is 5.48. The summed E-state index contributed by atoms with van der Waals surface area (Å²) >= 11 is 0. The van der Waals surface area contributed by atoms with Crippen molar-refractivity contribution in [2.75, 3.05) is 43.1 Å². The molecule has 2 amide bonds. The number of hydrogen-bond acceptors (Lipinski definition) is 5. The van der Waals surface area contributed by atoms with E-state index < -0.39 is 0 Å². The number of nitrogens with zero attached hydrogens (tertiary/aromatic N) is 2. The maximum atomic E-state index is 12.4. The van der Waals surface area contributed by atoms with E-state index in [4.69, 9.17) is 9.72 Å². The summed E-state index contributed by atoms with van der Waals surface area (Å²) in [4.78, 5) is 30.8. The normalized spacial score (nSPS) is 14.7. The first-order valence-corrected chi connectivity index (χ1v) is 10.8. The minimum absolute atomic E-state index is 0.0649. The molecule has 2 N–H and O–H groups in total. The lowest BCUT2D eigenvalue weighted by atomic mass is 9.95. The maximum absolute atomic E-state index is 12.4. The zero-order chi connectivity index (χ0) is 21.5. The van der Waals surface area contributed by atoms with Crippen LogP contribution in [0.2, 0.25) is 0 Å². The number of nitrogens with one attached hydrogen (secondary N) is 2. The summed E-state index contributed by atoms with van der Waals surface area (Å²) in [5, 5.41) is 6.89. The molecule has 0 atom stereocenters. The van der Waals surface area contributed by atoms with E-state index in [1.54, 1.807) is 0 Å².